The minimum absolute atomic E-state index is 0.0323. The molecule has 13 nitrogen and oxygen atoms in total. The Morgan fingerprint density at radius 1 is 1.00 bits per heavy atom. The van der Waals surface area contributed by atoms with Crippen LogP contribution in [0.25, 0.3) is 0 Å². The lowest BCUT2D eigenvalue weighted by Gasteiger charge is -2.25. The summed E-state index contributed by atoms with van der Waals surface area (Å²) in [7, 11) is 0. The van der Waals surface area contributed by atoms with Gasteiger partial charge in [-0.25, -0.2) is 9.78 Å². The number of nitrogens with one attached hydrogen (secondary N) is 4. The lowest BCUT2D eigenvalue weighted by molar-refractivity contribution is -0.144. The summed E-state index contributed by atoms with van der Waals surface area (Å²) in [5.41, 5.74) is 6.02. The number of carboxylic acids is 2. The summed E-state index contributed by atoms with van der Waals surface area (Å²) in [4.78, 5) is 66.4. The van der Waals surface area contributed by atoms with Gasteiger partial charge in [-0.1, -0.05) is 13.8 Å². The van der Waals surface area contributed by atoms with E-state index >= 15 is 0 Å². The predicted octanol–water partition coefficient (Wildman–Crippen LogP) is -2.03. The number of H-pyrrole nitrogens is 1. The number of nitrogens with two attached hydrogens (primary N) is 1. The molecule has 0 aromatic carbocycles. The molecule has 0 spiro atoms. The van der Waals surface area contributed by atoms with Gasteiger partial charge in [0.25, 0.3) is 0 Å². The highest BCUT2D eigenvalue weighted by Gasteiger charge is 2.32. The van der Waals surface area contributed by atoms with E-state index in [2.05, 4.69) is 25.9 Å². The number of carbonyl (C=O) groups excluding carboxylic acids is 3. The van der Waals surface area contributed by atoms with Crippen LogP contribution >= 0.6 is 0 Å². The van der Waals surface area contributed by atoms with Crippen LogP contribution < -0.4 is 21.7 Å². The number of nitrogens with zero attached hydrogens (tertiary/aromatic N) is 1. The van der Waals surface area contributed by atoms with Gasteiger partial charge in [0.2, 0.25) is 17.7 Å². The van der Waals surface area contributed by atoms with E-state index in [9.17, 15) is 29.1 Å². The number of imidazole rings is 1. The molecule has 4 atom stereocenters. The maximum absolute atomic E-state index is 12.8. The zero-order chi connectivity index (χ0) is 23.7. The number of aromatic amines is 1. The van der Waals surface area contributed by atoms with Crippen LogP contribution in [0, 0.1) is 5.92 Å². The third kappa shape index (κ3) is 8.42. The smallest absolute Gasteiger partial charge is 0.326 e. The third-order valence-electron chi connectivity index (χ3n) is 4.27. The van der Waals surface area contributed by atoms with Crippen molar-refractivity contribution in [2.45, 2.75) is 57.8 Å². The third-order valence-corrected chi connectivity index (χ3v) is 4.27. The highest BCUT2D eigenvalue weighted by atomic mass is 16.4. The topological polar surface area (TPSA) is 217 Å². The maximum atomic E-state index is 12.8. The molecule has 0 saturated heterocycles. The molecule has 13 heteroatoms. The highest BCUT2D eigenvalue weighted by molar-refractivity contribution is 5.95. The van der Waals surface area contributed by atoms with Crippen LogP contribution in [0.3, 0.4) is 0 Å². The lowest BCUT2D eigenvalue weighted by Crippen LogP contribution is -2.58. The Hall–Kier alpha value is -3.48. The summed E-state index contributed by atoms with van der Waals surface area (Å²) in [5, 5.41) is 25.3. The van der Waals surface area contributed by atoms with Gasteiger partial charge in [-0.05, 0) is 12.8 Å². The number of rotatable bonds is 12. The maximum Gasteiger partial charge on any atom is 0.326 e. The van der Waals surface area contributed by atoms with Crippen molar-refractivity contribution in [1.29, 1.82) is 0 Å². The normalized spacial score (nSPS) is 14.7. The first-order chi connectivity index (χ1) is 14.4. The van der Waals surface area contributed by atoms with Crippen LogP contribution in [0.2, 0.25) is 0 Å². The SMILES string of the molecule is CC(N)C(=O)NC(Cc1cnc[nH]1)C(=O)NC(CC(=O)O)C(=O)NC(C(=O)O)C(C)C. The van der Waals surface area contributed by atoms with Crippen LogP contribution in [0.1, 0.15) is 32.9 Å². The number of aliphatic carboxylic acids is 2. The molecule has 0 aliphatic heterocycles. The van der Waals surface area contributed by atoms with Gasteiger partial charge >= 0.3 is 11.9 Å². The van der Waals surface area contributed by atoms with E-state index in [1.807, 2.05) is 0 Å². The summed E-state index contributed by atoms with van der Waals surface area (Å²) >= 11 is 0. The predicted molar refractivity (Wildman–Crippen MR) is 106 cm³/mol. The van der Waals surface area contributed by atoms with Crippen LogP contribution in [0.4, 0.5) is 0 Å². The fourth-order valence-corrected chi connectivity index (χ4v) is 2.55. The zero-order valence-corrected chi connectivity index (χ0v) is 17.4. The molecule has 0 radical (unpaired) electrons. The van der Waals surface area contributed by atoms with Gasteiger partial charge in [0.15, 0.2) is 0 Å². The Morgan fingerprint density at radius 2 is 1.58 bits per heavy atom. The van der Waals surface area contributed by atoms with Gasteiger partial charge in [-0.3, -0.25) is 19.2 Å². The molecule has 0 aliphatic rings. The van der Waals surface area contributed by atoms with E-state index < -0.39 is 66.2 Å². The number of amides is 3. The standard InChI is InChI=1S/C18H28N6O7/c1-8(2)14(18(30)31)24-17(29)12(5-13(25)26)23-16(28)11(22-15(27)9(3)19)4-10-6-20-7-21-10/h6-9,11-12,14H,4-5,19H2,1-3H3,(H,20,21)(H,22,27)(H,23,28)(H,24,29)(H,25,26)(H,30,31). The van der Waals surface area contributed by atoms with Crippen molar-refractivity contribution in [1.82, 2.24) is 25.9 Å². The number of aromatic nitrogens is 2. The van der Waals surface area contributed by atoms with Crippen LogP contribution in [0.15, 0.2) is 12.5 Å². The quantitative estimate of drug-likeness (QED) is 0.190. The van der Waals surface area contributed by atoms with Crippen molar-refractivity contribution in [2.75, 3.05) is 0 Å². The molecule has 0 aliphatic carbocycles. The molecule has 31 heavy (non-hydrogen) atoms. The molecule has 1 aromatic rings. The Bertz CT molecular complexity index is 793. The number of hydrogen-bond donors (Lipinski definition) is 7. The molecule has 1 heterocycles. The van der Waals surface area contributed by atoms with Crippen LogP contribution in [-0.4, -0.2) is 74.0 Å². The van der Waals surface area contributed by atoms with Crippen LogP contribution in [0.5, 0.6) is 0 Å². The minimum Gasteiger partial charge on any atom is -0.481 e. The zero-order valence-electron chi connectivity index (χ0n) is 17.4. The second kappa shape index (κ2) is 11.6. The summed E-state index contributed by atoms with van der Waals surface area (Å²) in [6.45, 7) is 4.54. The first kappa shape index (κ1) is 25.6. The highest BCUT2D eigenvalue weighted by Crippen LogP contribution is 2.05. The number of hydrogen-bond acceptors (Lipinski definition) is 7. The average Bonchev–Trinajstić information content (AvgIpc) is 3.16. The first-order valence-corrected chi connectivity index (χ1v) is 9.50. The Morgan fingerprint density at radius 3 is 2.03 bits per heavy atom. The van der Waals surface area contributed by atoms with Gasteiger partial charge in [0, 0.05) is 18.3 Å². The summed E-state index contributed by atoms with van der Waals surface area (Å²) in [5.74, 6) is -5.63. The van der Waals surface area contributed by atoms with Gasteiger partial charge in [-0.15, -0.1) is 0 Å². The molecule has 0 saturated carbocycles. The fourth-order valence-electron chi connectivity index (χ4n) is 2.55. The molecule has 8 N–H and O–H groups in total. The van der Waals surface area contributed by atoms with Gasteiger partial charge in [0.1, 0.15) is 18.1 Å². The van der Waals surface area contributed by atoms with Gasteiger partial charge in [-0.2, -0.15) is 0 Å². The Kier molecular flexibility index (Phi) is 9.60. The Labute approximate surface area is 178 Å². The van der Waals surface area contributed by atoms with E-state index in [0.717, 1.165) is 0 Å². The van der Waals surface area contributed by atoms with E-state index in [0.29, 0.717) is 5.69 Å². The molecular formula is C18H28N6O7. The molecule has 0 fully saturated rings. The molecule has 172 valence electrons. The molecule has 0 bridgehead atoms. The summed E-state index contributed by atoms with van der Waals surface area (Å²) in [6.07, 6.45) is 1.98. The fraction of sp³-hybridized carbons (Fsp3) is 0.556. The van der Waals surface area contributed by atoms with Crippen molar-refractivity contribution in [3.63, 3.8) is 0 Å². The largest absolute Gasteiger partial charge is 0.481 e. The molecule has 1 rings (SSSR count). The van der Waals surface area contributed by atoms with E-state index in [1.165, 1.54) is 19.4 Å². The van der Waals surface area contributed by atoms with Crippen LogP contribution in [-0.2, 0) is 30.4 Å². The second-order valence-electron chi connectivity index (χ2n) is 7.36. The van der Waals surface area contributed by atoms with Crippen molar-refractivity contribution in [2.24, 2.45) is 11.7 Å². The minimum atomic E-state index is -1.57. The monoisotopic (exact) mass is 440 g/mol. The first-order valence-electron chi connectivity index (χ1n) is 9.50. The van der Waals surface area contributed by atoms with E-state index in [-0.39, 0.29) is 6.42 Å². The second-order valence-corrected chi connectivity index (χ2v) is 7.36. The Balaban J connectivity index is 3.03. The number of carbonyl (C=O) groups is 5. The van der Waals surface area contributed by atoms with Gasteiger partial charge in [0.05, 0.1) is 18.8 Å². The summed E-state index contributed by atoms with van der Waals surface area (Å²) < 4.78 is 0. The molecule has 3 amide bonds. The average molecular weight is 440 g/mol. The van der Waals surface area contributed by atoms with E-state index in [4.69, 9.17) is 10.8 Å². The number of carboxylic acid groups (broad SMARTS) is 2. The lowest BCUT2D eigenvalue weighted by atomic mass is 10.0. The van der Waals surface area contributed by atoms with Crippen molar-refractivity contribution in [3.05, 3.63) is 18.2 Å². The molecule has 1 aromatic heterocycles. The molecule has 4 unspecified atom stereocenters. The van der Waals surface area contributed by atoms with E-state index in [1.54, 1.807) is 13.8 Å². The van der Waals surface area contributed by atoms with Crippen molar-refractivity contribution < 1.29 is 34.2 Å². The summed E-state index contributed by atoms with van der Waals surface area (Å²) in [6, 6.07) is -4.96. The van der Waals surface area contributed by atoms with Gasteiger partial charge < -0.3 is 36.9 Å². The van der Waals surface area contributed by atoms with Crippen molar-refractivity contribution in [3.8, 4) is 0 Å². The molecular weight excluding hydrogens is 412 g/mol. The van der Waals surface area contributed by atoms with Crippen molar-refractivity contribution >= 4 is 29.7 Å².